The van der Waals surface area contributed by atoms with Gasteiger partial charge >= 0.3 is 11.9 Å². The summed E-state index contributed by atoms with van der Waals surface area (Å²) in [5.74, 6) is -0.721. The highest BCUT2D eigenvalue weighted by atomic mass is 16.6. The highest BCUT2D eigenvalue weighted by Gasteiger charge is 2.38. The molecular weight excluding hydrogens is 228 g/mol. The van der Waals surface area contributed by atoms with Crippen LogP contribution in [0, 0.1) is 10.1 Å². The van der Waals surface area contributed by atoms with Gasteiger partial charge in [-0.25, -0.2) is 0 Å². The van der Waals surface area contributed by atoms with Crippen molar-refractivity contribution < 1.29 is 18.9 Å². The SMILES string of the molecule is COC(=O)C(N)C(C)(C)c1ccc([N+](=O)[O-])o1. The number of methoxy groups -OCH3 is 1. The van der Waals surface area contributed by atoms with E-state index in [0.717, 1.165) is 0 Å². The molecule has 1 aromatic heterocycles. The molecule has 0 saturated carbocycles. The van der Waals surface area contributed by atoms with Crippen molar-refractivity contribution >= 4 is 11.9 Å². The van der Waals surface area contributed by atoms with Crippen molar-refractivity contribution in [3.63, 3.8) is 0 Å². The third-order valence-corrected chi connectivity index (χ3v) is 2.64. The molecule has 0 aromatic carbocycles. The minimum Gasteiger partial charge on any atom is -0.468 e. The van der Waals surface area contributed by atoms with Crippen molar-refractivity contribution in [2.75, 3.05) is 7.11 Å². The Morgan fingerprint density at radius 3 is 2.59 bits per heavy atom. The van der Waals surface area contributed by atoms with E-state index in [1.54, 1.807) is 13.8 Å². The first-order valence-electron chi connectivity index (χ1n) is 4.88. The van der Waals surface area contributed by atoms with E-state index in [-0.39, 0.29) is 11.6 Å². The number of hydrogen-bond donors (Lipinski definition) is 1. The number of nitrogens with zero attached hydrogens (tertiary/aromatic N) is 1. The van der Waals surface area contributed by atoms with Gasteiger partial charge in [0.25, 0.3) is 0 Å². The number of hydrogen-bond acceptors (Lipinski definition) is 6. The molecule has 0 radical (unpaired) electrons. The molecule has 1 rings (SSSR count). The maximum Gasteiger partial charge on any atom is 0.433 e. The molecule has 0 aliphatic carbocycles. The Morgan fingerprint density at radius 2 is 2.18 bits per heavy atom. The van der Waals surface area contributed by atoms with E-state index >= 15 is 0 Å². The van der Waals surface area contributed by atoms with Crippen LogP contribution in [-0.2, 0) is 14.9 Å². The number of carbonyl (C=O) groups excluding carboxylic acids is 1. The lowest BCUT2D eigenvalue weighted by atomic mass is 9.82. The molecule has 0 saturated heterocycles. The van der Waals surface area contributed by atoms with Crippen LogP contribution in [0.3, 0.4) is 0 Å². The lowest BCUT2D eigenvalue weighted by molar-refractivity contribution is -0.402. The molecule has 7 heteroatoms. The van der Waals surface area contributed by atoms with Gasteiger partial charge in [0.1, 0.15) is 16.7 Å². The van der Waals surface area contributed by atoms with Crippen LogP contribution in [0.1, 0.15) is 19.6 Å². The van der Waals surface area contributed by atoms with E-state index in [1.807, 2.05) is 0 Å². The van der Waals surface area contributed by atoms with Crippen LogP contribution in [0.5, 0.6) is 0 Å². The van der Waals surface area contributed by atoms with Gasteiger partial charge in [-0.3, -0.25) is 14.9 Å². The maximum atomic E-state index is 11.3. The molecule has 94 valence electrons. The predicted molar refractivity (Wildman–Crippen MR) is 58.4 cm³/mol. The molecule has 7 nitrogen and oxygen atoms in total. The first-order chi connectivity index (χ1) is 7.80. The summed E-state index contributed by atoms with van der Waals surface area (Å²) >= 11 is 0. The Morgan fingerprint density at radius 1 is 1.59 bits per heavy atom. The Labute approximate surface area is 97.7 Å². The summed E-state index contributed by atoms with van der Waals surface area (Å²) in [5.41, 5.74) is 4.83. The molecule has 0 aliphatic rings. The number of carbonyl (C=O) groups is 1. The zero-order chi connectivity index (χ0) is 13.2. The number of nitrogens with two attached hydrogens (primary N) is 1. The van der Waals surface area contributed by atoms with Gasteiger partial charge in [-0.1, -0.05) is 13.8 Å². The Hall–Kier alpha value is -1.89. The summed E-state index contributed by atoms with van der Waals surface area (Å²) in [6.07, 6.45) is 0. The maximum absolute atomic E-state index is 11.3. The second-order valence-corrected chi connectivity index (χ2v) is 4.12. The van der Waals surface area contributed by atoms with Gasteiger partial charge < -0.3 is 14.9 Å². The first kappa shape index (κ1) is 13.2. The van der Waals surface area contributed by atoms with E-state index in [4.69, 9.17) is 10.2 Å². The van der Waals surface area contributed by atoms with E-state index < -0.39 is 22.3 Å². The topological polar surface area (TPSA) is 109 Å². The molecule has 0 spiro atoms. The zero-order valence-electron chi connectivity index (χ0n) is 9.80. The summed E-state index contributed by atoms with van der Waals surface area (Å²) in [7, 11) is 1.23. The molecule has 0 amide bonds. The first-order valence-corrected chi connectivity index (χ1v) is 4.88. The average Bonchev–Trinajstić information content (AvgIpc) is 2.76. The van der Waals surface area contributed by atoms with Crippen LogP contribution in [-0.4, -0.2) is 24.0 Å². The van der Waals surface area contributed by atoms with Crippen molar-refractivity contribution in [2.24, 2.45) is 5.73 Å². The minimum absolute atomic E-state index is 0.266. The third-order valence-electron chi connectivity index (χ3n) is 2.64. The number of nitro groups is 1. The Balaban J connectivity index is 3.03. The molecule has 0 aliphatic heterocycles. The van der Waals surface area contributed by atoms with Gasteiger partial charge in [0.15, 0.2) is 0 Å². The largest absolute Gasteiger partial charge is 0.468 e. The van der Waals surface area contributed by atoms with Crippen molar-refractivity contribution in [1.29, 1.82) is 0 Å². The molecule has 1 unspecified atom stereocenters. The predicted octanol–water partition coefficient (Wildman–Crippen LogP) is 0.966. The van der Waals surface area contributed by atoms with Gasteiger partial charge in [0.2, 0.25) is 0 Å². The highest BCUT2D eigenvalue weighted by molar-refractivity contribution is 5.77. The van der Waals surface area contributed by atoms with Crippen molar-refractivity contribution in [1.82, 2.24) is 0 Å². The molecular formula is C10H14N2O5. The van der Waals surface area contributed by atoms with Crippen LogP contribution in [0.25, 0.3) is 0 Å². The van der Waals surface area contributed by atoms with Gasteiger partial charge in [-0.2, -0.15) is 0 Å². The second-order valence-electron chi connectivity index (χ2n) is 4.12. The zero-order valence-corrected chi connectivity index (χ0v) is 9.80. The second kappa shape index (κ2) is 4.54. The van der Waals surface area contributed by atoms with E-state index in [1.165, 1.54) is 19.2 Å². The van der Waals surface area contributed by atoms with Gasteiger partial charge in [0, 0.05) is 5.41 Å². The summed E-state index contributed by atoms with van der Waals surface area (Å²) in [6, 6.07) is 1.69. The van der Waals surface area contributed by atoms with Crippen LogP contribution in [0.4, 0.5) is 5.88 Å². The van der Waals surface area contributed by atoms with Crippen molar-refractivity contribution in [2.45, 2.75) is 25.3 Å². The van der Waals surface area contributed by atoms with Crippen LogP contribution in [0.15, 0.2) is 16.5 Å². The molecule has 17 heavy (non-hydrogen) atoms. The standard InChI is InChI=1S/C10H14N2O5/c1-10(2,8(11)9(13)16-3)6-4-5-7(17-6)12(14)15/h4-5,8H,11H2,1-3H3. The fourth-order valence-electron chi connectivity index (χ4n) is 1.35. The number of rotatable bonds is 4. The van der Waals surface area contributed by atoms with E-state index in [9.17, 15) is 14.9 Å². The minimum atomic E-state index is -0.960. The smallest absolute Gasteiger partial charge is 0.433 e. The summed E-state index contributed by atoms with van der Waals surface area (Å²) in [5, 5.41) is 10.5. The third kappa shape index (κ3) is 2.44. The fraction of sp³-hybridized carbons (Fsp3) is 0.500. The quantitative estimate of drug-likeness (QED) is 0.478. The monoisotopic (exact) mass is 242 g/mol. The lowest BCUT2D eigenvalue weighted by Crippen LogP contribution is -2.47. The van der Waals surface area contributed by atoms with Crippen molar-refractivity contribution in [3.05, 3.63) is 28.0 Å². The molecule has 1 aromatic rings. The van der Waals surface area contributed by atoms with E-state index in [2.05, 4.69) is 4.74 Å². The fourth-order valence-corrected chi connectivity index (χ4v) is 1.35. The van der Waals surface area contributed by atoms with Crippen LogP contribution < -0.4 is 5.73 Å². The average molecular weight is 242 g/mol. The van der Waals surface area contributed by atoms with Gasteiger partial charge in [-0.05, 0) is 6.07 Å². The highest BCUT2D eigenvalue weighted by Crippen LogP contribution is 2.30. The number of furan rings is 1. The summed E-state index contributed by atoms with van der Waals surface area (Å²) < 4.78 is 9.57. The normalized spacial score (nSPS) is 13.2. The Kier molecular flexibility index (Phi) is 3.52. The lowest BCUT2D eigenvalue weighted by Gasteiger charge is -2.26. The van der Waals surface area contributed by atoms with Gasteiger partial charge in [0.05, 0.1) is 13.2 Å². The summed E-state index contributed by atoms with van der Waals surface area (Å²) in [6.45, 7) is 3.30. The van der Waals surface area contributed by atoms with Gasteiger partial charge in [-0.15, -0.1) is 0 Å². The number of ether oxygens (including phenoxy) is 1. The Bertz CT molecular complexity index is 438. The molecule has 1 atom stereocenters. The molecule has 1 heterocycles. The number of esters is 1. The van der Waals surface area contributed by atoms with Crippen LogP contribution in [0.2, 0.25) is 0 Å². The molecule has 2 N–H and O–H groups in total. The summed E-state index contributed by atoms with van der Waals surface area (Å²) in [4.78, 5) is 21.2. The molecule has 0 fully saturated rings. The molecule has 0 bridgehead atoms. The van der Waals surface area contributed by atoms with E-state index in [0.29, 0.717) is 0 Å². The van der Waals surface area contributed by atoms with Crippen molar-refractivity contribution in [3.8, 4) is 0 Å². The van der Waals surface area contributed by atoms with Crippen LogP contribution >= 0.6 is 0 Å².